The fourth-order valence-electron chi connectivity index (χ4n) is 2.94. The van der Waals surface area contributed by atoms with Crippen molar-refractivity contribution in [2.75, 3.05) is 26.7 Å². The molecule has 1 heterocycles. The van der Waals surface area contributed by atoms with Crippen molar-refractivity contribution in [2.24, 2.45) is 17.8 Å². The molecule has 1 rings (SSSR count). The van der Waals surface area contributed by atoms with E-state index in [9.17, 15) is 0 Å². The van der Waals surface area contributed by atoms with E-state index in [-0.39, 0.29) is 0 Å². The summed E-state index contributed by atoms with van der Waals surface area (Å²) < 4.78 is 0. The summed E-state index contributed by atoms with van der Waals surface area (Å²) in [7, 11) is 2.10. The van der Waals surface area contributed by atoms with Gasteiger partial charge in [-0.25, -0.2) is 0 Å². The van der Waals surface area contributed by atoms with Crippen LogP contribution in [-0.4, -0.2) is 37.6 Å². The van der Waals surface area contributed by atoms with E-state index in [2.05, 4.69) is 45.0 Å². The molecule has 2 nitrogen and oxygen atoms in total. The zero-order chi connectivity index (χ0) is 12.8. The Morgan fingerprint density at radius 2 is 1.82 bits per heavy atom. The smallest absolute Gasteiger partial charge is 0.0214 e. The number of nitrogens with zero attached hydrogens (tertiary/aromatic N) is 1. The molecule has 2 heteroatoms. The third-order valence-electron chi connectivity index (χ3n) is 4.44. The predicted octanol–water partition coefficient (Wildman–Crippen LogP) is 2.99. The largest absolute Gasteiger partial charge is 0.315 e. The Bertz CT molecular complexity index is 201. The van der Waals surface area contributed by atoms with Crippen molar-refractivity contribution in [2.45, 2.75) is 53.0 Å². The van der Waals surface area contributed by atoms with Gasteiger partial charge in [0.15, 0.2) is 0 Å². The molecule has 1 aliphatic rings. The second kappa shape index (κ2) is 7.38. The Morgan fingerprint density at radius 1 is 1.12 bits per heavy atom. The summed E-state index contributed by atoms with van der Waals surface area (Å²) in [6.07, 6.45) is 4.21. The maximum atomic E-state index is 3.46. The van der Waals surface area contributed by atoms with Crippen molar-refractivity contribution in [1.82, 2.24) is 10.2 Å². The summed E-state index contributed by atoms with van der Waals surface area (Å²) in [5.41, 5.74) is 0. The van der Waals surface area contributed by atoms with Crippen LogP contribution in [0.4, 0.5) is 0 Å². The maximum absolute atomic E-state index is 3.46. The van der Waals surface area contributed by atoms with Gasteiger partial charge in [-0.15, -0.1) is 0 Å². The average molecular weight is 240 g/mol. The standard InChI is InChI=1S/C15H32N2/c1-12(2)14-7-6-9-17(10-8-14)11-15(16-5)13(3)4/h12-16H,6-11H2,1-5H3. The van der Waals surface area contributed by atoms with Gasteiger partial charge in [0.25, 0.3) is 0 Å². The molecule has 1 fully saturated rings. The molecule has 1 saturated heterocycles. The first-order chi connectivity index (χ1) is 8.04. The van der Waals surface area contributed by atoms with Crippen LogP contribution in [0.15, 0.2) is 0 Å². The van der Waals surface area contributed by atoms with E-state index in [0.717, 1.165) is 17.8 Å². The van der Waals surface area contributed by atoms with Crippen molar-refractivity contribution in [3.63, 3.8) is 0 Å². The number of likely N-dealkylation sites (N-methyl/N-ethyl adjacent to an activating group) is 1. The minimum absolute atomic E-state index is 0.644. The molecule has 0 aromatic rings. The highest BCUT2D eigenvalue weighted by molar-refractivity contribution is 4.77. The van der Waals surface area contributed by atoms with Gasteiger partial charge < -0.3 is 10.2 Å². The lowest BCUT2D eigenvalue weighted by atomic mass is 9.89. The highest BCUT2D eigenvalue weighted by Crippen LogP contribution is 2.24. The topological polar surface area (TPSA) is 15.3 Å². The monoisotopic (exact) mass is 240 g/mol. The third kappa shape index (κ3) is 4.97. The van der Waals surface area contributed by atoms with E-state index in [4.69, 9.17) is 0 Å². The SMILES string of the molecule is CNC(CN1CCCC(C(C)C)CC1)C(C)C. The van der Waals surface area contributed by atoms with Gasteiger partial charge in [-0.2, -0.15) is 0 Å². The van der Waals surface area contributed by atoms with Gasteiger partial charge >= 0.3 is 0 Å². The summed E-state index contributed by atoms with van der Waals surface area (Å²) >= 11 is 0. The number of hydrogen-bond donors (Lipinski definition) is 1. The fraction of sp³-hybridized carbons (Fsp3) is 1.00. The molecule has 0 aliphatic carbocycles. The van der Waals surface area contributed by atoms with Crippen LogP contribution in [0.5, 0.6) is 0 Å². The van der Waals surface area contributed by atoms with Crippen LogP contribution in [-0.2, 0) is 0 Å². The van der Waals surface area contributed by atoms with Crippen LogP contribution < -0.4 is 5.32 Å². The summed E-state index contributed by atoms with van der Waals surface area (Å²) in [5, 5.41) is 3.46. The first-order valence-corrected chi connectivity index (χ1v) is 7.44. The Kier molecular flexibility index (Phi) is 6.50. The van der Waals surface area contributed by atoms with E-state index >= 15 is 0 Å². The molecule has 0 radical (unpaired) electrons. The lowest BCUT2D eigenvalue weighted by molar-refractivity contribution is 0.224. The van der Waals surface area contributed by atoms with E-state index in [1.807, 2.05) is 0 Å². The van der Waals surface area contributed by atoms with Gasteiger partial charge in [-0.3, -0.25) is 0 Å². The number of likely N-dealkylation sites (tertiary alicyclic amines) is 1. The molecule has 0 aromatic carbocycles. The van der Waals surface area contributed by atoms with Crippen LogP contribution in [0.3, 0.4) is 0 Å². The Hall–Kier alpha value is -0.0800. The van der Waals surface area contributed by atoms with Gasteiger partial charge in [0, 0.05) is 12.6 Å². The van der Waals surface area contributed by atoms with E-state index in [1.165, 1.54) is 38.9 Å². The second-order valence-corrected chi connectivity index (χ2v) is 6.37. The molecule has 17 heavy (non-hydrogen) atoms. The molecule has 0 saturated carbocycles. The summed E-state index contributed by atoms with van der Waals surface area (Å²) in [5.74, 6) is 2.54. The quantitative estimate of drug-likeness (QED) is 0.795. The lowest BCUT2D eigenvalue weighted by Crippen LogP contribution is -2.43. The first kappa shape index (κ1) is 15.0. The fourth-order valence-corrected chi connectivity index (χ4v) is 2.94. The Balaban J connectivity index is 2.40. The van der Waals surface area contributed by atoms with Gasteiger partial charge in [-0.05, 0) is 57.2 Å². The van der Waals surface area contributed by atoms with Gasteiger partial charge in [-0.1, -0.05) is 27.7 Å². The van der Waals surface area contributed by atoms with E-state index < -0.39 is 0 Å². The molecule has 1 N–H and O–H groups in total. The van der Waals surface area contributed by atoms with Crippen LogP contribution in [0, 0.1) is 17.8 Å². The van der Waals surface area contributed by atoms with Crippen molar-refractivity contribution in [1.29, 1.82) is 0 Å². The zero-order valence-electron chi connectivity index (χ0n) is 12.5. The number of nitrogens with one attached hydrogen (secondary N) is 1. The van der Waals surface area contributed by atoms with Crippen LogP contribution in [0.1, 0.15) is 47.0 Å². The van der Waals surface area contributed by atoms with Gasteiger partial charge in [0.2, 0.25) is 0 Å². The second-order valence-electron chi connectivity index (χ2n) is 6.37. The molecule has 0 spiro atoms. The molecule has 102 valence electrons. The first-order valence-electron chi connectivity index (χ1n) is 7.44. The van der Waals surface area contributed by atoms with Crippen LogP contribution in [0.2, 0.25) is 0 Å². The normalized spacial score (nSPS) is 25.2. The minimum Gasteiger partial charge on any atom is -0.315 e. The number of hydrogen-bond acceptors (Lipinski definition) is 2. The van der Waals surface area contributed by atoms with Gasteiger partial charge in [0.05, 0.1) is 0 Å². The molecule has 0 bridgehead atoms. The van der Waals surface area contributed by atoms with Gasteiger partial charge in [0.1, 0.15) is 0 Å². The van der Waals surface area contributed by atoms with Crippen LogP contribution in [0.25, 0.3) is 0 Å². The highest BCUT2D eigenvalue weighted by Gasteiger charge is 2.21. The van der Waals surface area contributed by atoms with Crippen molar-refractivity contribution >= 4 is 0 Å². The molecular weight excluding hydrogens is 208 g/mol. The maximum Gasteiger partial charge on any atom is 0.0214 e. The average Bonchev–Trinajstić information content (AvgIpc) is 2.50. The Labute approximate surface area is 108 Å². The summed E-state index contributed by atoms with van der Waals surface area (Å²) in [6.45, 7) is 13.2. The van der Waals surface area contributed by atoms with Crippen LogP contribution >= 0.6 is 0 Å². The summed E-state index contributed by atoms with van der Waals surface area (Å²) in [4.78, 5) is 2.67. The van der Waals surface area contributed by atoms with Crippen molar-refractivity contribution in [3.8, 4) is 0 Å². The van der Waals surface area contributed by atoms with Crippen molar-refractivity contribution in [3.05, 3.63) is 0 Å². The molecular formula is C15H32N2. The lowest BCUT2D eigenvalue weighted by Gasteiger charge is -2.28. The third-order valence-corrected chi connectivity index (χ3v) is 4.44. The minimum atomic E-state index is 0.644. The highest BCUT2D eigenvalue weighted by atomic mass is 15.1. The van der Waals surface area contributed by atoms with E-state index in [1.54, 1.807) is 0 Å². The zero-order valence-corrected chi connectivity index (χ0v) is 12.5. The number of rotatable bonds is 5. The molecule has 2 unspecified atom stereocenters. The molecule has 0 aromatic heterocycles. The molecule has 1 aliphatic heterocycles. The van der Waals surface area contributed by atoms with E-state index in [0.29, 0.717) is 6.04 Å². The predicted molar refractivity (Wildman–Crippen MR) is 76.3 cm³/mol. The summed E-state index contributed by atoms with van der Waals surface area (Å²) in [6, 6.07) is 0.644. The molecule has 2 atom stereocenters. The molecule has 0 amide bonds. The van der Waals surface area contributed by atoms with Crippen molar-refractivity contribution < 1.29 is 0 Å². The Morgan fingerprint density at radius 3 is 2.35 bits per heavy atom.